The first-order valence-corrected chi connectivity index (χ1v) is 9.32. The van der Waals surface area contributed by atoms with E-state index < -0.39 is 7.29 Å². The summed E-state index contributed by atoms with van der Waals surface area (Å²) in [6, 6.07) is 8.11. The molecule has 0 N–H and O–H groups in total. The molecule has 110 valence electrons. The van der Waals surface area contributed by atoms with Gasteiger partial charge in [0.1, 0.15) is 0 Å². The van der Waals surface area contributed by atoms with Crippen LogP contribution in [0.3, 0.4) is 0 Å². The van der Waals surface area contributed by atoms with Gasteiger partial charge in [-0.3, -0.25) is 8.90 Å². The van der Waals surface area contributed by atoms with Crippen LogP contribution in [0, 0.1) is 0 Å². The second-order valence-electron chi connectivity index (χ2n) is 7.25. The van der Waals surface area contributed by atoms with Crippen LogP contribution in [0.15, 0.2) is 34.9 Å². The van der Waals surface area contributed by atoms with Crippen molar-refractivity contribution in [3.63, 3.8) is 0 Å². The van der Waals surface area contributed by atoms with Gasteiger partial charge in [0, 0.05) is 26.4 Å². The first-order chi connectivity index (χ1) is 9.00. The summed E-state index contributed by atoms with van der Waals surface area (Å²) >= 11 is 3.57. The Kier molecular flexibility index (Phi) is 3.76. The largest absolute Gasteiger partial charge is 0.299 e. The summed E-state index contributed by atoms with van der Waals surface area (Å²) in [6.45, 7) is 12.4. The van der Waals surface area contributed by atoms with Crippen LogP contribution < -0.4 is 0 Å². The zero-order valence-corrected chi connectivity index (χ0v) is 15.5. The summed E-state index contributed by atoms with van der Waals surface area (Å²) in [7, 11) is -2.66. The van der Waals surface area contributed by atoms with Gasteiger partial charge in [0.05, 0.1) is 5.52 Å². The first kappa shape index (κ1) is 15.9. The maximum atomic E-state index is 14.0. The van der Waals surface area contributed by atoms with Crippen LogP contribution in [0.1, 0.15) is 41.5 Å². The van der Waals surface area contributed by atoms with Crippen molar-refractivity contribution in [3.05, 3.63) is 34.9 Å². The van der Waals surface area contributed by atoms with Gasteiger partial charge in [0.2, 0.25) is 0 Å². The molecule has 0 bridgehead atoms. The molecule has 2 aromatic rings. The molecule has 2 nitrogen and oxygen atoms in total. The topological polar surface area (TPSA) is 22.0 Å². The molecule has 0 amide bonds. The van der Waals surface area contributed by atoms with Crippen LogP contribution in [-0.2, 0) is 4.57 Å². The second-order valence-corrected chi connectivity index (χ2v) is 12.4. The molecule has 1 heterocycles. The molecule has 0 spiro atoms. The van der Waals surface area contributed by atoms with Crippen LogP contribution in [0.4, 0.5) is 0 Å². The second kappa shape index (κ2) is 4.74. The van der Waals surface area contributed by atoms with Crippen molar-refractivity contribution in [2.24, 2.45) is 0 Å². The molecule has 1 aromatic heterocycles. The molecule has 2 rings (SSSR count). The lowest BCUT2D eigenvalue weighted by molar-refractivity contribution is 0.509. The summed E-state index contributed by atoms with van der Waals surface area (Å²) in [6.07, 6.45) is 1.98. The average molecular weight is 356 g/mol. The predicted octanol–water partition coefficient (Wildman–Crippen LogP) is 6.13. The minimum atomic E-state index is -2.66. The Bertz CT molecular complexity index is 671. The molecular formula is C16H23BrNOP. The highest BCUT2D eigenvalue weighted by atomic mass is 79.9. The van der Waals surface area contributed by atoms with Crippen molar-refractivity contribution < 1.29 is 4.57 Å². The summed E-state index contributed by atoms with van der Waals surface area (Å²) < 4.78 is 17.1. The highest BCUT2D eigenvalue weighted by molar-refractivity contribution is 9.10. The molecule has 0 saturated carbocycles. The minimum Gasteiger partial charge on any atom is -0.299 e. The third kappa shape index (κ3) is 2.19. The lowest BCUT2D eigenvalue weighted by atomic mass is 10.2. The first-order valence-electron chi connectivity index (χ1n) is 6.87. The fourth-order valence-electron chi connectivity index (χ4n) is 3.01. The van der Waals surface area contributed by atoms with Gasteiger partial charge in [-0.15, -0.1) is 0 Å². The lowest BCUT2D eigenvalue weighted by Gasteiger charge is -2.42. The normalized spacial score (nSPS) is 13.9. The minimum absolute atomic E-state index is 0.292. The van der Waals surface area contributed by atoms with E-state index in [1.165, 1.54) is 0 Å². The number of halogens is 1. The fraction of sp³-hybridized carbons (Fsp3) is 0.500. The number of hydrogen-bond acceptors (Lipinski definition) is 1. The Labute approximate surface area is 130 Å². The number of rotatable bonds is 1. The number of benzene rings is 1. The molecule has 1 aromatic carbocycles. The highest BCUT2D eigenvalue weighted by Gasteiger charge is 2.48. The monoisotopic (exact) mass is 355 g/mol. The van der Waals surface area contributed by atoms with Crippen molar-refractivity contribution in [1.29, 1.82) is 0 Å². The molecule has 0 unspecified atom stereocenters. The molecule has 0 aliphatic carbocycles. The van der Waals surface area contributed by atoms with Gasteiger partial charge in [-0.25, -0.2) is 0 Å². The molecule has 0 aliphatic heterocycles. The van der Waals surface area contributed by atoms with Crippen LogP contribution in [0.25, 0.3) is 10.9 Å². The van der Waals surface area contributed by atoms with Gasteiger partial charge in [-0.1, -0.05) is 63.5 Å². The maximum absolute atomic E-state index is 14.0. The molecule has 4 heteroatoms. The molecule has 0 radical (unpaired) electrons. The van der Waals surface area contributed by atoms with Gasteiger partial charge < -0.3 is 0 Å². The molecular weight excluding hydrogens is 333 g/mol. The van der Waals surface area contributed by atoms with E-state index in [0.717, 1.165) is 15.4 Å². The number of hydrogen-bond donors (Lipinski definition) is 0. The zero-order valence-electron chi connectivity index (χ0n) is 13.1. The van der Waals surface area contributed by atoms with Gasteiger partial charge in [-0.2, -0.15) is 0 Å². The number of fused-ring (bicyclic) bond motifs is 1. The van der Waals surface area contributed by atoms with Crippen molar-refractivity contribution in [2.75, 3.05) is 0 Å². The van der Waals surface area contributed by atoms with Crippen LogP contribution in [0.2, 0.25) is 0 Å². The molecule has 0 aliphatic rings. The molecule has 0 fully saturated rings. The van der Waals surface area contributed by atoms with E-state index in [9.17, 15) is 4.57 Å². The van der Waals surface area contributed by atoms with Gasteiger partial charge >= 0.3 is 0 Å². The average Bonchev–Trinajstić information content (AvgIpc) is 2.70. The summed E-state index contributed by atoms with van der Waals surface area (Å²) in [4.78, 5) is 0. The Balaban J connectivity index is 2.85. The number of aromatic nitrogens is 1. The summed E-state index contributed by atoms with van der Waals surface area (Å²) in [5, 5.41) is 0.528. The Morgan fingerprint density at radius 1 is 1.00 bits per heavy atom. The van der Waals surface area contributed by atoms with Crippen molar-refractivity contribution >= 4 is 34.1 Å². The maximum Gasteiger partial charge on any atom is 0.186 e. The highest BCUT2D eigenvalue weighted by Crippen LogP contribution is 2.68. The van der Waals surface area contributed by atoms with E-state index in [2.05, 4.69) is 57.5 Å². The summed E-state index contributed by atoms with van der Waals surface area (Å²) in [5.74, 6) is 0. The van der Waals surface area contributed by atoms with E-state index in [1.807, 2.05) is 34.8 Å². The number of nitrogens with zero attached hydrogens (tertiary/aromatic N) is 1. The Morgan fingerprint density at radius 2 is 1.55 bits per heavy atom. The standard InChI is InChI=1S/C16H23BrNOP/c1-15(2,3)20(19,16(4,5)6)18-11-10-12-13(17)8-7-9-14(12)18/h7-11H,1-6H3. The fourth-order valence-corrected chi connectivity index (χ4v) is 7.54. The SMILES string of the molecule is CC(C)(C)P(=O)(n1ccc2c(Br)cccc21)C(C)(C)C. The van der Waals surface area contributed by atoms with E-state index in [-0.39, 0.29) is 10.3 Å². The smallest absolute Gasteiger partial charge is 0.186 e. The van der Waals surface area contributed by atoms with Crippen LogP contribution in [-0.4, -0.2) is 14.6 Å². The predicted molar refractivity (Wildman–Crippen MR) is 92.1 cm³/mol. The zero-order chi connectivity index (χ0) is 15.3. The quantitative estimate of drug-likeness (QED) is 0.564. The third-order valence-electron chi connectivity index (χ3n) is 3.78. The van der Waals surface area contributed by atoms with Crippen LogP contribution in [0.5, 0.6) is 0 Å². The van der Waals surface area contributed by atoms with Crippen molar-refractivity contribution in [2.45, 2.75) is 51.9 Å². The van der Waals surface area contributed by atoms with E-state index in [4.69, 9.17) is 0 Å². The van der Waals surface area contributed by atoms with Gasteiger partial charge in [-0.05, 0) is 18.2 Å². The van der Waals surface area contributed by atoms with E-state index in [0.29, 0.717) is 0 Å². The summed E-state index contributed by atoms with van der Waals surface area (Å²) in [5.41, 5.74) is 1.03. The molecule has 0 atom stereocenters. The molecule has 20 heavy (non-hydrogen) atoms. The van der Waals surface area contributed by atoms with E-state index >= 15 is 0 Å². The van der Waals surface area contributed by atoms with Gasteiger partial charge in [0.25, 0.3) is 0 Å². The lowest BCUT2D eigenvalue weighted by Crippen LogP contribution is -2.32. The Hall–Kier alpha value is -0.530. The Morgan fingerprint density at radius 3 is 2.05 bits per heavy atom. The molecule has 0 saturated heterocycles. The van der Waals surface area contributed by atoms with E-state index in [1.54, 1.807) is 0 Å². The third-order valence-corrected chi connectivity index (χ3v) is 9.07. The van der Waals surface area contributed by atoms with Gasteiger partial charge in [0.15, 0.2) is 7.29 Å². The van der Waals surface area contributed by atoms with Crippen LogP contribution >= 0.6 is 23.2 Å². The van der Waals surface area contributed by atoms with Crippen molar-refractivity contribution in [1.82, 2.24) is 4.34 Å². The van der Waals surface area contributed by atoms with Crippen molar-refractivity contribution in [3.8, 4) is 0 Å².